The van der Waals surface area contributed by atoms with Crippen LogP contribution in [0.4, 0.5) is 0 Å². The smallest absolute Gasteiger partial charge is 0.307 e. The first-order valence-corrected chi connectivity index (χ1v) is 7.34. The van der Waals surface area contributed by atoms with Gasteiger partial charge in [0.05, 0.1) is 5.92 Å². The van der Waals surface area contributed by atoms with Crippen LogP contribution in [0.15, 0.2) is 48.5 Å². The second-order valence-electron chi connectivity index (χ2n) is 5.72. The fraction of sp³-hybridized carbons (Fsp3) is 0.263. The van der Waals surface area contributed by atoms with Crippen LogP contribution in [0.1, 0.15) is 33.5 Å². The highest BCUT2D eigenvalue weighted by molar-refractivity contribution is 5.98. The van der Waals surface area contributed by atoms with Gasteiger partial charge >= 0.3 is 5.97 Å². The summed E-state index contributed by atoms with van der Waals surface area (Å²) in [6.45, 7) is 3.94. The van der Waals surface area contributed by atoms with Crippen molar-refractivity contribution in [3.05, 3.63) is 70.8 Å². The molecular formula is C19H20O3. The van der Waals surface area contributed by atoms with E-state index in [0.717, 1.165) is 16.7 Å². The van der Waals surface area contributed by atoms with E-state index in [1.165, 1.54) is 0 Å². The molecule has 22 heavy (non-hydrogen) atoms. The zero-order valence-electron chi connectivity index (χ0n) is 12.9. The molecule has 3 nitrogen and oxygen atoms in total. The third-order valence-corrected chi connectivity index (χ3v) is 3.76. The average Bonchev–Trinajstić information content (AvgIpc) is 2.49. The Balaban J connectivity index is 2.08. The summed E-state index contributed by atoms with van der Waals surface area (Å²) in [6.07, 6.45) is 0.388. The number of benzene rings is 2. The van der Waals surface area contributed by atoms with Crippen LogP contribution in [0, 0.1) is 19.8 Å². The minimum absolute atomic E-state index is 0.0201. The molecule has 2 aromatic carbocycles. The molecule has 0 saturated carbocycles. The van der Waals surface area contributed by atoms with Gasteiger partial charge in [-0.15, -0.1) is 0 Å². The summed E-state index contributed by atoms with van der Waals surface area (Å²) < 4.78 is 0. The monoisotopic (exact) mass is 296 g/mol. The molecule has 1 N–H and O–H groups in total. The Labute approximate surface area is 130 Å². The van der Waals surface area contributed by atoms with Gasteiger partial charge in [-0.1, -0.05) is 59.7 Å². The van der Waals surface area contributed by atoms with Gasteiger partial charge in [0, 0.05) is 12.0 Å². The van der Waals surface area contributed by atoms with Gasteiger partial charge in [-0.2, -0.15) is 0 Å². The lowest BCUT2D eigenvalue weighted by Crippen LogP contribution is -2.20. The second-order valence-corrected chi connectivity index (χ2v) is 5.72. The van der Waals surface area contributed by atoms with Gasteiger partial charge in [-0.25, -0.2) is 0 Å². The van der Waals surface area contributed by atoms with Crippen LogP contribution < -0.4 is 0 Å². The molecule has 0 bridgehead atoms. The number of Topliss-reactive ketones (excluding diaryl/α,β-unsaturated/α-hetero) is 1. The van der Waals surface area contributed by atoms with Crippen LogP contribution in [-0.4, -0.2) is 16.9 Å². The Morgan fingerprint density at radius 2 is 1.41 bits per heavy atom. The predicted octanol–water partition coefficient (Wildman–Crippen LogP) is 3.82. The fourth-order valence-electron chi connectivity index (χ4n) is 2.34. The minimum Gasteiger partial charge on any atom is -0.481 e. The van der Waals surface area contributed by atoms with Crippen molar-refractivity contribution in [1.29, 1.82) is 0 Å². The highest BCUT2D eigenvalue weighted by atomic mass is 16.4. The lowest BCUT2D eigenvalue weighted by Gasteiger charge is -2.12. The molecule has 0 aliphatic carbocycles. The van der Waals surface area contributed by atoms with Crippen molar-refractivity contribution in [3.63, 3.8) is 0 Å². The van der Waals surface area contributed by atoms with Gasteiger partial charge in [-0.3, -0.25) is 9.59 Å². The van der Waals surface area contributed by atoms with Crippen molar-refractivity contribution >= 4 is 11.8 Å². The molecule has 0 aromatic heterocycles. The van der Waals surface area contributed by atoms with E-state index in [4.69, 9.17) is 0 Å². The number of hydrogen-bond donors (Lipinski definition) is 1. The van der Waals surface area contributed by atoms with E-state index in [1.807, 2.05) is 50.2 Å². The molecule has 0 aliphatic heterocycles. The lowest BCUT2D eigenvalue weighted by molar-refractivity contribution is -0.141. The molecular weight excluding hydrogens is 276 g/mol. The Morgan fingerprint density at radius 1 is 0.909 bits per heavy atom. The number of carbonyl (C=O) groups excluding carboxylic acids is 1. The van der Waals surface area contributed by atoms with Crippen molar-refractivity contribution in [1.82, 2.24) is 0 Å². The molecule has 1 unspecified atom stereocenters. The standard InChI is InChI=1S/C19H20O3/c1-13-3-7-15(8-4-13)11-17(19(21)22)12-18(20)16-9-5-14(2)6-10-16/h3-10,17H,11-12H2,1-2H3,(H,21,22). The van der Waals surface area contributed by atoms with E-state index in [2.05, 4.69) is 0 Å². The van der Waals surface area contributed by atoms with Gasteiger partial charge in [0.25, 0.3) is 0 Å². The molecule has 0 aliphatic rings. The highest BCUT2D eigenvalue weighted by Gasteiger charge is 2.22. The lowest BCUT2D eigenvalue weighted by atomic mass is 9.92. The Bertz CT molecular complexity index is 654. The van der Waals surface area contributed by atoms with Gasteiger partial charge in [0.2, 0.25) is 0 Å². The van der Waals surface area contributed by atoms with E-state index in [-0.39, 0.29) is 12.2 Å². The molecule has 2 aromatic rings. The maximum Gasteiger partial charge on any atom is 0.307 e. The predicted molar refractivity (Wildman–Crippen MR) is 86.1 cm³/mol. The quantitative estimate of drug-likeness (QED) is 0.824. The summed E-state index contributed by atoms with van der Waals surface area (Å²) in [5.74, 6) is -1.75. The largest absolute Gasteiger partial charge is 0.481 e. The van der Waals surface area contributed by atoms with Crippen molar-refractivity contribution in [2.45, 2.75) is 26.7 Å². The van der Waals surface area contributed by atoms with Crippen molar-refractivity contribution in [3.8, 4) is 0 Å². The number of aryl methyl sites for hydroxylation is 2. The number of carbonyl (C=O) groups is 2. The van der Waals surface area contributed by atoms with E-state index in [9.17, 15) is 14.7 Å². The SMILES string of the molecule is Cc1ccc(CC(CC(=O)c2ccc(C)cc2)C(=O)O)cc1. The van der Waals surface area contributed by atoms with Crippen LogP contribution >= 0.6 is 0 Å². The summed E-state index contributed by atoms with van der Waals surface area (Å²) >= 11 is 0. The molecule has 0 amide bonds. The summed E-state index contributed by atoms with van der Waals surface area (Å²) in [6, 6.07) is 15.0. The molecule has 0 saturated heterocycles. The van der Waals surface area contributed by atoms with Crippen LogP contribution in [0.5, 0.6) is 0 Å². The zero-order chi connectivity index (χ0) is 16.1. The molecule has 2 rings (SSSR count). The van der Waals surface area contributed by atoms with E-state index in [0.29, 0.717) is 12.0 Å². The van der Waals surface area contributed by atoms with E-state index < -0.39 is 11.9 Å². The molecule has 0 heterocycles. The normalized spacial score (nSPS) is 11.9. The number of rotatable bonds is 6. The van der Waals surface area contributed by atoms with Crippen LogP contribution in [-0.2, 0) is 11.2 Å². The first-order valence-electron chi connectivity index (χ1n) is 7.34. The highest BCUT2D eigenvalue weighted by Crippen LogP contribution is 2.17. The second kappa shape index (κ2) is 7.03. The van der Waals surface area contributed by atoms with Crippen molar-refractivity contribution < 1.29 is 14.7 Å². The van der Waals surface area contributed by atoms with Gasteiger partial charge in [0.1, 0.15) is 0 Å². The van der Waals surface area contributed by atoms with Crippen molar-refractivity contribution in [2.24, 2.45) is 5.92 Å². The maximum atomic E-state index is 12.3. The van der Waals surface area contributed by atoms with E-state index >= 15 is 0 Å². The molecule has 0 spiro atoms. The number of carboxylic acid groups (broad SMARTS) is 1. The number of aliphatic carboxylic acids is 1. The summed E-state index contributed by atoms with van der Waals surface area (Å²) in [5, 5.41) is 9.38. The minimum atomic E-state index is -0.930. The first-order chi connectivity index (χ1) is 10.5. The number of hydrogen-bond acceptors (Lipinski definition) is 2. The molecule has 0 fully saturated rings. The maximum absolute atomic E-state index is 12.3. The Kier molecular flexibility index (Phi) is 5.10. The Morgan fingerprint density at radius 3 is 1.91 bits per heavy atom. The number of ketones is 1. The van der Waals surface area contributed by atoms with Gasteiger partial charge in [0.15, 0.2) is 5.78 Å². The summed E-state index contributed by atoms with van der Waals surface area (Å²) in [7, 11) is 0. The topological polar surface area (TPSA) is 54.4 Å². The van der Waals surface area contributed by atoms with Crippen LogP contribution in [0.3, 0.4) is 0 Å². The third kappa shape index (κ3) is 4.29. The van der Waals surface area contributed by atoms with E-state index in [1.54, 1.807) is 12.1 Å². The first kappa shape index (κ1) is 16.0. The summed E-state index contributed by atoms with van der Waals surface area (Å²) in [4.78, 5) is 23.7. The van der Waals surface area contributed by atoms with Gasteiger partial charge in [-0.05, 0) is 25.8 Å². The summed E-state index contributed by atoms with van der Waals surface area (Å²) in [5.41, 5.74) is 3.72. The molecule has 3 heteroatoms. The van der Waals surface area contributed by atoms with Gasteiger partial charge < -0.3 is 5.11 Å². The number of carboxylic acids is 1. The fourth-order valence-corrected chi connectivity index (χ4v) is 2.34. The molecule has 1 atom stereocenters. The van der Waals surface area contributed by atoms with Crippen LogP contribution in [0.2, 0.25) is 0 Å². The zero-order valence-corrected chi connectivity index (χ0v) is 12.9. The Hall–Kier alpha value is -2.42. The third-order valence-electron chi connectivity index (χ3n) is 3.76. The van der Waals surface area contributed by atoms with Crippen LogP contribution in [0.25, 0.3) is 0 Å². The average molecular weight is 296 g/mol. The van der Waals surface area contributed by atoms with Crippen molar-refractivity contribution in [2.75, 3.05) is 0 Å². The molecule has 114 valence electrons. The molecule has 0 radical (unpaired) electrons.